The van der Waals surface area contributed by atoms with Crippen molar-refractivity contribution < 1.29 is 9.21 Å². The first kappa shape index (κ1) is 18.2. The van der Waals surface area contributed by atoms with E-state index in [0.717, 1.165) is 43.2 Å². The van der Waals surface area contributed by atoms with Crippen molar-refractivity contribution in [3.63, 3.8) is 0 Å². The van der Waals surface area contributed by atoms with E-state index in [9.17, 15) is 4.79 Å². The minimum absolute atomic E-state index is 0.194. The van der Waals surface area contributed by atoms with Crippen LogP contribution in [0.4, 0.5) is 0 Å². The van der Waals surface area contributed by atoms with Gasteiger partial charge in [-0.25, -0.2) is 0 Å². The number of rotatable bonds is 7. The average molecular weight is 371 g/mol. The van der Waals surface area contributed by atoms with Gasteiger partial charge >= 0.3 is 0 Å². The van der Waals surface area contributed by atoms with Gasteiger partial charge in [0, 0.05) is 32.1 Å². The van der Waals surface area contributed by atoms with E-state index in [1.54, 1.807) is 6.33 Å². The molecule has 2 aromatic heterocycles. The van der Waals surface area contributed by atoms with Gasteiger partial charge in [-0.3, -0.25) is 9.69 Å². The monoisotopic (exact) mass is 371 g/mol. The Morgan fingerprint density at radius 3 is 2.93 bits per heavy atom. The zero-order valence-electron chi connectivity index (χ0n) is 16.4. The molecule has 1 N–H and O–H groups in total. The normalized spacial score (nSPS) is 27.4. The van der Waals surface area contributed by atoms with Crippen molar-refractivity contribution in [3.05, 3.63) is 35.8 Å². The van der Waals surface area contributed by atoms with Crippen LogP contribution in [0.15, 0.2) is 22.9 Å². The third-order valence-corrected chi connectivity index (χ3v) is 6.54. The molecule has 7 nitrogen and oxygen atoms in total. The predicted molar refractivity (Wildman–Crippen MR) is 101 cm³/mol. The summed E-state index contributed by atoms with van der Waals surface area (Å²) in [4.78, 5) is 15.7. The number of aromatic nitrogens is 3. The average Bonchev–Trinajstić information content (AvgIpc) is 3.42. The maximum absolute atomic E-state index is 13.2. The first-order chi connectivity index (χ1) is 13.0. The molecule has 3 atom stereocenters. The van der Waals surface area contributed by atoms with Crippen LogP contribution >= 0.6 is 0 Å². The zero-order valence-corrected chi connectivity index (χ0v) is 16.4. The number of carbonyl (C=O) groups excluding carboxylic acids is 1. The Kier molecular flexibility index (Phi) is 4.80. The number of nitrogens with zero attached hydrogens (tertiary/aromatic N) is 4. The van der Waals surface area contributed by atoms with Gasteiger partial charge in [-0.2, -0.15) is 0 Å². The standard InChI is InChI=1S/C20H29N5O2/c1-4-20(19(26)21-10-9-18-23-22-13-24(18)3)11-15-6-8-17(20)25(15)12-16-7-5-14(2)27-16/h5,7,13,15,17H,4,6,8-12H2,1-3H3,(H,21,26)/t15-,17+,20+/m0/s1. The van der Waals surface area contributed by atoms with E-state index in [1.807, 2.05) is 24.6 Å². The molecule has 1 amide bonds. The van der Waals surface area contributed by atoms with Crippen molar-refractivity contribution >= 4 is 5.91 Å². The van der Waals surface area contributed by atoms with Gasteiger partial charge in [-0.1, -0.05) is 6.92 Å². The van der Waals surface area contributed by atoms with Crippen LogP contribution in [0.2, 0.25) is 0 Å². The summed E-state index contributed by atoms with van der Waals surface area (Å²) in [5.41, 5.74) is -0.287. The second kappa shape index (κ2) is 7.11. The predicted octanol–water partition coefficient (Wildman–Crippen LogP) is 2.21. The highest BCUT2D eigenvalue weighted by atomic mass is 16.3. The molecular formula is C20H29N5O2. The molecular weight excluding hydrogens is 342 g/mol. The summed E-state index contributed by atoms with van der Waals surface area (Å²) in [6, 6.07) is 4.85. The van der Waals surface area contributed by atoms with Crippen molar-refractivity contribution in [2.45, 2.75) is 64.6 Å². The first-order valence-corrected chi connectivity index (χ1v) is 9.95. The Morgan fingerprint density at radius 1 is 1.41 bits per heavy atom. The molecule has 0 saturated carbocycles. The molecule has 0 unspecified atom stereocenters. The number of nitrogens with one attached hydrogen (secondary N) is 1. The van der Waals surface area contributed by atoms with Crippen LogP contribution in [0.5, 0.6) is 0 Å². The minimum Gasteiger partial charge on any atom is -0.465 e. The highest BCUT2D eigenvalue weighted by molar-refractivity contribution is 5.84. The van der Waals surface area contributed by atoms with Crippen LogP contribution in [0.1, 0.15) is 50.0 Å². The molecule has 2 aliphatic heterocycles. The molecule has 2 saturated heterocycles. The maximum atomic E-state index is 13.2. The molecule has 2 fully saturated rings. The summed E-state index contributed by atoms with van der Waals surface area (Å²) in [5, 5.41) is 11.2. The van der Waals surface area contributed by atoms with Gasteiger partial charge in [-0.05, 0) is 44.7 Å². The summed E-state index contributed by atoms with van der Waals surface area (Å²) in [5.74, 6) is 3.03. The van der Waals surface area contributed by atoms with Crippen LogP contribution in [0, 0.1) is 12.3 Å². The lowest BCUT2D eigenvalue weighted by molar-refractivity contribution is -0.133. The van der Waals surface area contributed by atoms with Crippen molar-refractivity contribution in [2.75, 3.05) is 6.54 Å². The topological polar surface area (TPSA) is 76.2 Å². The van der Waals surface area contributed by atoms with E-state index in [0.29, 0.717) is 25.0 Å². The fourth-order valence-corrected chi connectivity index (χ4v) is 5.08. The molecule has 2 aromatic rings. The molecule has 27 heavy (non-hydrogen) atoms. The number of fused-ring (bicyclic) bond motifs is 2. The largest absolute Gasteiger partial charge is 0.465 e. The summed E-state index contributed by atoms with van der Waals surface area (Å²) in [6.07, 6.45) is 6.48. The van der Waals surface area contributed by atoms with Gasteiger partial charge in [0.25, 0.3) is 0 Å². The molecule has 0 spiro atoms. The Morgan fingerprint density at radius 2 is 2.26 bits per heavy atom. The highest BCUT2D eigenvalue weighted by Gasteiger charge is 2.58. The fraction of sp³-hybridized carbons (Fsp3) is 0.650. The lowest BCUT2D eigenvalue weighted by Crippen LogP contribution is -2.49. The third kappa shape index (κ3) is 3.18. The van der Waals surface area contributed by atoms with E-state index in [2.05, 4.69) is 33.4 Å². The van der Waals surface area contributed by atoms with E-state index in [-0.39, 0.29) is 11.3 Å². The molecule has 0 aliphatic carbocycles. The Hall–Kier alpha value is -2.15. The van der Waals surface area contributed by atoms with Crippen molar-refractivity contribution in [2.24, 2.45) is 12.5 Å². The Labute approximate surface area is 160 Å². The Bertz CT molecular complexity index is 813. The van der Waals surface area contributed by atoms with Crippen LogP contribution in [0.25, 0.3) is 0 Å². The van der Waals surface area contributed by atoms with Gasteiger partial charge in [0.15, 0.2) is 0 Å². The summed E-state index contributed by atoms with van der Waals surface area (Å²) < 4.78 is 7.69. The summed E-state index contributed by atoms with van der Waals surface area (Å²) in [6.45, 7) is 5.53. The molecule has 0 radical (unpaired) electrons. The molecule has 0 aromatic carbocycles. The molecule has 2 aliphatic rings. The number of carbonyl (C=O) groups is 1. The van der Waals surface area contributed by atoms with Crippen molar-refractivity contribution in [1.29, 1.82) is 0 Å². The summed E-state index contributed by atoms with van der Waals surface area (Å²) in [7, 11) is 1.93. The highest BCUT2D eigenvalue weighted by Crippen LogP contribution is 2.52. The van der Waals surface area contributed by atoms with E-state index < -0.39 is 0 Å². The number of amides is 1. The van der Waals surface area contributed by atoms with Gasteiger partial charge < -0.3 is 14.3 Å². The lowest BCUT2D eigenvalue weighted by Gasteiger charge is -2.35. The maximum Gasteiger partial charge on any atom is 0.227 e. The minimum atomic E-state index is -0.287. The van der Waals surface area contributed by atoms with Gasteiger partial charge in [0.05, 0.1) is 12.0 Å². The zero-order chi connectivity index (χ0) is 19.0. The van der Waals surface area contributed by atoms with Gasteiger partial charge in [-0.15, -0.1) is 10.2 Å². The van der Waals surface area contributed by atoms with Gasteiger partial charge in [0.2, 0.25) is 5.91 Å². The van der Waals surface area contributed by atoms with Crippen LogP contribution in [-0.2, 0) is 24.8 Å². The molecule has 2 bridgehead atoms. The number of aryl methyl sites for hydroxylation is 2. The summed E-state index contributed by atoms with van der Waals surface area (Å²) >= 11 is 0. The second-order valence-corrected chi connectivity index (χ2v) is 8.01. The third-order valence-electron chi connectivity index (χ3n) is 6.54. The van der Waals surface area contributed by atoms with Gasteiger partial charge in [0.1, 0.15) is 23.7 Å². The molecule has 4 rings (SSSR count). The lowest BCUT2D eigenvalue weighted by atomic mass is 9.71. The fourth-order valence-electron chi connectivity index (χ4n) is 5.08. The molecule has 7 heteroatoms. The van der Waals surface area contributed by atoms with Crippen LogP contribution < -0.4 is 5.32 Å². The number of hydrogen-bond donors (Lipinski definition) is 1. The number of furan rings is 1. The van der Waals surface area contributed by atoms with E-state index >= 15 is 0 Å². The Balaban J connectivity index is 1.42. The molecule has 4 heterocycles. The second-order valence-electron chi connectivity index (χ2n) is 8.01. The van der Waals surface area contributed by atoms with Crippen molar-refractivity contribution in [3.8, 4) is 0 Å². The molecule has 146 valence electrons. The van der Waals surface area contributed by atoms with Crippen LogP contribution in [0.3, 0.4) is 0 Å². The van der Waals surface area contributed by atoms with Crippen molar-refractivity contribution in [1.82, 2.24) is 25.0 Å². The van der Waals surface area contributed by atoms with E-state index in [1.165, 1.54) is 6.42 Å². The quantitative estimate of drug-likeness (QED) is 0.808. The van der Waals surface area contributed by atoms with Crippen LogP contribution in [-0.4, -0.2) is 44.2 Å². The SMILES string of the molecule is CC[C@@]1(C(=O)NCCc2nncn2C)C[C@@H]2CC[C@H]1N2Cc1ccc(C)o1. The van der Waals surface area contributed by atoms with E-state index in [4.69, 9.17) is 4.42 Å². The smallest absolute Gasteiger partial charge is 0.227 e. The number of hydrogen-bond acceptors (Lipinski definition) is 5. The first-order valence-electron chi connectivity index (χ1n) is 9.95.